The molecule has 1 aromatic carbocycles. The molecule has 0 saturated carbocycles. The average Bonchev–Trinajstić information content (AvgIpc) is 2.62. The highest BCUT2D eigenvalue weighted by Crippen LogP contribution is 2.09. The van der Waals surface area contributed by atoms with Crippen LogP contribution >= 0.6 is 0 Å². The van der Waals surface area contributed by atoms with Gasteiger partial charge in [-0.25, -0.2) is 17.9 Å². The monoisotopic (exact) mass is 394 g/mol. The van der Waals surface area contributed by atoms with Crippen molar-refractivity contribution in [1.82, 2.24) is 19.6 Å². The number of nitrogens with one attached hydrogen (secondary N) is 3. The van der Waals surface area contributed by atoms with Crippen molar-refractivity contribution < 1.29 is 13.2 Å². The summed E-state index contributed by atoms with van der Waals surface area (Å²) < 4.78 is 27.6. The number of carbonyl (C=O) groups excluding carboxylic acids is 1. The maximum atomic E-state index is 12.1. The first-order chi connectivity index (χ1) is 12.7. The molecule has 0 bridgehead atoms. The number of aromatic amines is 1. The molecule has 1 heterocycles. The number of H-pyrrole nitrogens is 1. The summed E-state index contributed by atoms with van der Waals surface area (Å²) in [5.41, 5.74) is 0.0634. The predicted octanol–water partition coefficient (Wildman–Crippen LogP) is -0.591. The van der Waals surface area contributed by atoms with Crippen LogP contribution in [0.2, 0.25) is 0 Å². The molecule has 0 aliphatic heterocycles. The molecule has 0 aliphatic rings. The first-order valence-electron chi connectivity index (χ1n) is 8.31. The Morgan fingerprint density at radius 2 is 1.81 bits per heavy atom. The Bertz CT molecular complexity index is 1020. The normalized spacial score (nSPS) is 11.3. The lowest BCUT2D eigenvalue weighted by Crippen LogP contribution is -2.37. The maximum absolute atomic E-state index is 12.1. The van der Waals surface area contributed by atoms with Crippen molar-refractivity contribution in [2.24, 2.45) is 7.05 Å². The fraction of sp³-hybridized carbons (Fsp3) is 0.353. The van der Waals surface area contributed by atoms with Crippen LogP contribution in [0, 0.1) is 6.92 Å². The maximum Gasteiger partial charge on any atom is 0.328 e. The highest BCUT2D eigenvalue weighted by molar-refractivity contribution is 7.89. The molecule has 0 radical (unpaired) electrons. The quantitative estimate of drug-likeness (QED) is 0.515. The predicted molar refractivity (Wildman–Crippen MR) is 100 cm³/mol. The number of hydrogen-bond acceptors (Lipinski definition) is 5. The molecular formula is C17H22N4O5S. The van der Waals surface area contributed by atoms with Crippen LogP contribution in [0.1, 0.15) is 17.5 Å². The van der Waals surface area contributed by atoms with Gasteiger partial charge in [-0.3, -0.25) is 14.2 Å². The zero-order valence-electron chi connectivity index (χ0n) is 15.1. The first-order valence-corrected chi connectivity index (χ1v) is 9.79. The number of rotatable bonds is 8. The molecule has 2 rings (SSSR count). The Morgan fingerprint density at radius 1 is 1.15 bits per heavy atom. The van der Waals surface area contributed by atoms with Crippen molar-refractivity contribution in [3.8, 4) is 0 Å². The Morgan fingerprint density at radius 3 is 2.48 bits per heavy atom. The van der Waals surface area contributed by atoms with Crippen molar-refractivity contribution in [2.45, 2.75) is 24.7 Å². The second kappa shape index (κ2) is 8.78. The Balaban J connectivity index is 1.77. The highest BCUT2D eigenvalue weighted by Gasteiger charge is 2.13. The van der Waals surface area contributed by atoms with E-state index in [0.717, 1.165) is 10.1 Å². The van der Waals surface area contributed by atoms with Gasteiger partial charge in [0.05, 0.1) is 11.3 Å². The second-order valence-corrected chi connectivity index (χ2v) is 7.84. The van der Waals surface area contributed by atoms with Gasteiger partial charge in [0, 0.05) is 31.9 Å². The minimum absolute atomic E-state index is 0.164. The lowest BCUT2D eigenvalue weighted by atomic mass is 10.2. The zero-order valence-corrected chi connectivity index (χ0v) is 15.9. The summed E-state index contributed by atoms with van der Waals surface area (Å²) in [4.78, 5) is 37.6. The molecule has 0 spiro atoms. The fourth-order valence-corrected chi connectivity index (χ4v) is 3.37. The van der Waals surface area contributed by atoms with E-state index >= 15 is 0 Å². The first kappa shape index (κ1) is 20.6. The summed E-state index contributed by atoms with van der Waals surface area (Å²) in [7, 11) is -2.26. The summed E-state index contributed by atoms with van der Waals surface area (Å²) in [6.07, 6.45) is 1.44. The van der Waals surface area contributed by atoms with Gasteiger partial charge < -0.3 is 10.3 Å². The Kier molecular flexibility index (Phi) is 6.70. The summed E-state index contributed by atoms with van der Waals surface area (Å²) in [5.74, 6) is -0.388. The second-order valence-electron chi connectivity index (χ2n) is 6.07. The molecule has 0 atom stereocenters. The van der Waals surface area contributed by atoms with Gasteiger partial charge in [-0.1, -0.05) is 17.7 Å². The molecule has 3 N–H and O–H groups in total. The third-order valence-electron chi connectivity index (χ3n) is 3.90. The SMILES string of the molecule is Cc1ccc(S(=O)(=O)NCCCNC(=O)Cc2c[nH]c(=O)n(C)c2=O)cc1. The molecule has 0 aliphatic carbocycles. The lowest BCUT2D eigenvalue weighted by Gasteiger charge is -2.08. The number of benzene rings is 1. The minimum Gasteiger partial charge on any atom is -0.356 e. The molecule has 27 heavy (non-hydrogen) atoms. The van der Waals surface area contributed by atoms with Crippen molar-refractivity contribution in [3.05, 3.63) is 62.4 Å². The molecule has 0 unspecified atom stereocenters. The molecule has 0 fully saturated rings. The van der Waals surface area contributed by atoms with Crippen LogP contribution in [-0.2, 0) is 28.3 Å². The summed E-state index contributed by atoms with van der Waals surface area (Å²) in [6, 6.07) is 6.50. The van der Waals surface area contributed by atoms with Crippen molar-refractivity contribution in [1.29, 1.82) is 0 Å². The van der Waals surface area contributed by atoms with E-state index in [1.807, 2.05) is 6.92 Å². The van der Waals surface area contributed by atoms with Gasteiger partial charge >= 0.3 is 5.69 Å². The van der Waals surface area contributed by atoms with Crippen molar-refractivity contribution in [3.63, 3.8) is 0 Å². The van der Waals surface area contributed by atoms with Crippen LogP contribution in [0.4, 0.5) is 0 Å². The van der Waals surface area contributed by atoms with E-state index < -0.39 is 21.3 Å². The number of amides is 1. The van der Waals surface area contributed by atoms with Crippen molar-refractivity contribution in [2.75, 3.05) is 13.1 Å². The summed E-state index contributed by atoms with van der Waals surface area (Å²) in [6.45, 7) is 2.28. The van der Waals surface area contributed by atoms with Crippen LogP contribution in [0.15, 0.2) is 44.9 Å². The highest BCUT2D eigenvalue weighted by atomic mass is 32.2. The van der Waals surface area contributed by atoms with E-state index in [1.165, 1.54) is 25.4 Å². The Labute approximate surface area is 156 Å². The molecule has 146 valence electrons. The fourth-order valence-electron chi connectivity index (χ4n) is 2.30. The van der Waals surface area contributed by atoms with Crippen molar-refractivity contribution >= 4 is 15.9 Å². The third kappa shape index (κ3) is 5.63. The van der Waals surface area contributed by atoms with E-state index in [-0.39, 0.29) is 35.9 Å². The molecule has 1 amide bonds. The molecule has 1 aromatic heterocycles. The average molecular weight is 394 g/mol. The third-order valence-corrected chi connectivity index (χ3v) is 5.38. The van der Waals surface area contributed by atoms with Gasteiger partial charge in [0.2, 0.25) is 15.9 Å². The van der Waals surface area contributed by atoms with Gasteiger partial charge in [-0.05, 0) is 25.5 Å². The number of aryl methyl sites for hydroxylation is 1. The van der Waals surface area contributed by atoms with E-state index in [1.54, 1.807) is 12.1 Å². The van der Waals surface area contributed by atoms with Gasteiger partial charge in [-0.15, -0.1) is 0 Å². The number of hydrogen-bond donors (Lipinski definition) is 3. The summed E-state index contributed by atoms with van der Waals surface area (Å²) >= 11 is 0. The van der Waals surface area contributed by atoms with E-state index in [9.17, 15) is 22.8 Å². The van der Waals surface area contributed by atoms with Gasteiger partial charge in [0.25, 0.3) is 5.56 Å². The number of aromatic nitrogens is 2. The number of sulfonamides is 1. The van der Waals surface area contributed by atoms with Crippen LogP contribution in [0.25, 0.3) is 0 Å². The van der Waals surface area contributed by atoms with Gasteiger partial charge in [-0.2, -0.15) is 0 Å². The van der Waals surface area contributed by atoms with Gasteiger partial charge in [0.15, 0.2) is 0 Å². The van der Waals surface area contributed by atoms with E-state index in [0.29, 0.717) is 6.42 Å². The number of carbonyl (C=O) groups is 1. The van der Waals surface area contributed by atoms with Crippen LogP contribution < -0.4 is 21.3 Å². The largest absolute Gasteiger partial charge is 0.356 e. The van der Waals surface area contributed by atoms with Crippen LogP contribution in [0.5, 0.6) is 0 Å². The summed E-state index contributed by atoms with van der Waals surface area (Å²) in [5, 5.41) is 2.61. The topological polar surface area (TPSA) is 130 Å². The Hall–Kier alpha value is -2.72. The van der Waals surface area contributed by atoms with E-state index in [2.05, 4.69) is 15.0 Å². The van der Waals surface area contributed by atoms with E-state index in [4.69, 9.17) is 0 Å². The molecule has 2 aromatic rings. The molecule has 0 saturated heterocycles. The standard InChI is InChI=1S/C17H22N4O5S/c1-12-4-6-14(7-5-12)27(25,26)20-9-3-8-18-15(22)10-13-11-19-17(24)21(2)16(13)23/h4-7,11,20H,3,8-10H2,1-2H3,(H,18,22)(H,19,24). The number of nitrogens with zero attached hydrogens (tertiary/aromatic N) is 1. The lowest BCUT2D eigenvalue weighted by molar-refractivity contribution is -0.120. The smallest absolute Gasteiger partial charge is 0.328 e. The minimum atomic E-state index is -3.58. The molecule has 10 heteroatoms. The molecule has 9 nitrogen and oxygen atoms in total. The molecular weight excluding hydrogens is 372 g/mol. The van der Waals surface area contributed by atoms with Crippen LogP contribution in [-0.4, -0.2) is 37.0 Å². The van der Waals surface area contributed by atoms with Gasteiger partial charge in [0.1, 0.15) is 0 Å². The zero-order chi connectivity index (χ0) is 20.0. The van der Waals surface area contributed by atoms with Crippen LogP contribution in [0.3, 0.4) is 0 Å².